The van der Waals surface area contributed by atoms with Crippen molar-refractivity contribution in [3.05, 3.63) is 111 Å². The highest BCUT2D eigenvalue weighted by molar-refractivity contribution is 7.15. The number of hydrogen-bond acceptors (Lipinski definition) is 8. The van der Waals surface area contributed by atoms with Crippen molar-refractivity contribution in [2.75, 3.05) is 13.2 Å². The van der Waals surface area contributed by atoms with E-state index in [1.807, 2.05) is 95.8 Å². The Bertz CT molecular complexity index is 1950. The fourth-order valence-electron chi connectivity index (χ4n) is 4.63. The van der Waals surface area contributed by atoms with E-state index in [-0.39, 0.29) is 12.2 Å². The van der Waals surface area contributed by atoms with Crippen molar-refractivity contribution in [2.45, 2.75) is 19.4 Å². The van der Waals surface area contributed by atoms with Gasteiger partial charge in [-0.15, -0.1) is 5.10 Å². The van der Waals surface area contributed by atoms with Crippen molar-refractivity contribution in [3.63, 3.8) is 0 Å². The maximum Gasteiger partial charge on any atom is 0.291 e. The molecule has 3 aromatic carbocycles. The lowest BCUT2D eigenvalue weighted by molar-refractivity contribution is 0.0852. The number of hydrogen-bond donors (Lipinski definition) is 0. The van der Waals surface area contributed by atoms with E-state index in [9.17, 15) is 4.79 Å². The van der Waals surface area contributed by atoms with Crippen molar-refractivity contribution in [1.29, 1.82) is 0 Å². The topological polar surface area (TPSA) is 92.8 Å². The van der Waals surface area contributed by atoms with Crippen LogP contribution in [0.1, 0.15) is 30.8 Å². The molecule has 204 valence electrons. The van der Waals surface area contributed by atoms with E-state index < -0.39 is 6.10 Å². The molecule has 6 aromatic rings. The predicted molar refractivity (Wildman–Crippen MR) is 156 cm³/mol. The van der Waals surface area contributed by atoms with Crippen LogP contribution in [0.15, 0.2) is 89.9 Å². The lowest BCUT2D eigenvalue weighted by atomic mass is 10.1. The molecular weight excluding hydrogens is 538 g/mol. The average molecular weight is 564 g/mol. The van der Waals surface area contributed by atoms with Gasteiger partial charge in [0.2, 0.25) is 4.96 Å². The summed E-state index contributed by atoms with van der Waals surface area (Å²) in [6.45, 7) is 3.01. The highest BCUT2D eigenvalue weighted by Crippen LogP contribution is 2.35. The third kappa shape index (κ3) is 4.82. The molecule has 7 rings (SSSR count). The van der Waals surface area contributed by atoms with E-state index in [0.29, 0.717) is 33.4 Å². The number of benzene rings is 3. The quantitative estimate of drug-likeness (QED) is 0.274. The number of ether oxygens (including phenoxy) is 3. The zero-order chi connectivity index (χ0) is 27.8. The number of rotatable bonds is 7. The Kier molecular flexibility index (Phi) is 6.44. The fraction of sp³-hybridized carbons (Fsp3) is 0.161. The summed E-state index contributed by atoms with van der Waals surface area (Å²) in [7, 11) is 0. The largest absolute Gasteiger partial charge is 0.494 e. The number of thiazole rings is 1. The standard InChI is InChI=1S/C31H25N5O4S/c1-2-16-38-23-14-12-20(13-15-23)28-21(18-35(33-28)22-8-4-3-5-9-22)17-27-30(37)36-31(41-27)32-29(34-36)26-19-39-24-10-6-7-11-25(24)40-26/h3-15,17-18,26H,2,16,19H2,1H3. The molecule has 1 aliphatic heterocycles. The van der Waals surface area contributed by atoms with Crippen LogP contribution in [-0.4, -0.2) is 37.6 Å². The molecule has 1 aliphatic rings. The summed E-state index contributed by atoms with van der Waals surface area (Å²) in [4.78, 5) is 18.5. The van der Waals surface area contributed by atoms with Gasteiger partial charge in [-0.3, -0.25) is 4.79 Å². The lowest BCUT2D eigenvalue weighted by Gasteiger charge is -2.24. The monoisotopic (exact) mass is 563 g/mol. The fourth-order valence-corrected chi connectivity index (χ4v) is 5.54. The molecule has 0 saturated carbocycles. The molecule has 0 spiro atoms. The molecule has 0 fully saturated rings. The molecule has 0 aliphatic carbocycles. The van der Waals surface area contributed by atoms with Crippen molar-refractivity contribution in [2.24, 2.45) is 0 Å². The van der Waals surface area contributed by atoms with Gasteiger partial charge in [0, 0.05) is 17.3 Å². The van der Waals surface area contributed by atoms with Crippen LogP contribution in [0.4, 0.5) is 0 Å². The molecule has 9 nitrogen and oxygen atoms in total. The summed E-state index contributed by atoms with van der Waals surface area (Å²) in [6.07, 6.45) is 4.22. The van der Waals surface area contributed by atoms with Gasteiger partial charge in [-0.1, -0.05) is 48.6 Å². The lowest BCUT2D eigenvalue weighted by Crippen LogP contribution is -2.26. The zero-order valence-electron chi connectivity index (χ0n) is 22.1. The van der Waals surface area contributed by atoms with E-state index in [0.717, 1.165) is 34.7 Å². The molecule has 0 N–H and O–H groups in total. The molecule has 0 amide bonds. The van der Waals surface area contributed by atoms with Crippen LogP contribution in [0.2, 0.25) is 0 Å². The maximum absolute atomic E-state index is 13.4. The summed E-state index contributed by atoms with van der Waals surface area (Å²) >= 11 is 1.28. The first-order chi connectivity index (χ1) is 20.2. The first-order valence-corrected chi connectivity index (χ1v) is 14.2. The summed E-state index contributed by atoms with van der Waals surface area (Å²) in [5.74, 6) is 2.53. The highest BCUT2D eigenvalue weighted by atomic mass is 32.1. The Labute approximate surface area is 238 Å². The normalized spacial score (nSPS) is 15.0. The van der Waals surface area contributed by atoms with E-state index in [1.165, 1.54) is 15.9 Å². The average Bonchev–Trinajstić information content (AvgIpc) is 3.71. The van der Waals surface area contributed by atoms with Crippen LogP contribution in [0.3, 0.4) is 0 Å². The van der Waals surface area contributed by atoms with Gasteiger partial charge < -0.3 is 14.2 Å². The molecule has 0 saturated heterocycles. The predicted octanol–water partition coefficient (Wildman–Crippen LogP) is 4.85. The second-order valence-electron chi connectivity index (χ2n) is 9.53. The van der Waals surface area contributed by atoms with Crippen LogP contribution < -0.4 is 24.3 Å². The summed E-state index contributed by atoms with van der Waals surface area (Å²) in [5, 5.41) is 9.36. The SMILES string of the molecule is CCCOc1ccc(-c2nn(-c3ccccc3)cc2C=c2sc3nc(C4COc5ccccc5O4)nn3c2=O)cc1. The molecule has 3 aromatic heterocycles. The molecule has 1 unspecified atom stereocenters. The van der Waals surface area contributed by atoms with Crippen molar-refractivity contribution in [1.82, 2.24) is 24.4 Å². The summed E-state index contributed by atoms with van der Waals surface area (Å²) in [5.41, 5.74) is 3.14. The van der Waals surface area contributed by atoms with Gasteiger partial charge in [-0.05, 0) is 61.0 Å². The minimum atomic E-state index is -0.496. The smallest absolute Gasteiger partial charge is 0.291 e. The molecule has 4 heterocycles. The summed E-state index contributed by atoms with van der Waals surface area (Å²) in [6, 6.07) is 25.2. The van der Waals surface area contributed by atoms with Crippen molar-refractivity contribution < 1.29 is 14.2 Å². The molecular formula is C31H25N5O4S. The third-order valence-electron chi connectivity index (χ3n) is 6.65. The number of aromatic nitrogens is 5. The van der Waals surface area contributed by atoms with Gasteiger partial charge >= 0.3 is 0 Å². The number of fused-ring (bicyclic) bond motifs is 2. The minimum absolute atomic E-state index is 0.248. The molecule has 0 radical (unpaired) electrons. The Morgan fingerprint density at radius 1 is 1.00 bits per heavy atom. The van der Waals surface area contributed by atoms with Crippen molar-refractivity contribution >= 4 is 22.4 Å². The van der Waals surface area contributed by atoms with Crippen LogP contribution in [0.25, 0.3) is 28.0 Å². The second kappa shape index (κ2) is 10.5. The van der Waals surface area contributed by atoms with E-state index >= 15 is 0 Å². The number of para-hydroxylation sites is 3. The zero-order valence-corrected chi connectivity index (χ0v) is 23.0. The first-order valence-electron chi connectivity index (χ1n) is 13.3. The highest BCUT2D eigenvalue weighted by Gasteiger charge is 2.27. The van der Waals surface area contributed by atoms with Gasteiger partial charge in [0.05, 0.1) is 16.8 Å². The Hall–Kier alpha value is -4.96. The first kappa shape index (κ1) is 25.0. The molecule has 0 bridgehead atoms. The Balaban J connectivity index is 1.25. The van der Waals surface area contributed by atoms with E-state index in [1.54, 1.807) is 0 Å². The Morgan fingerprint density at radius 2 is 1.78 bits per heavy atom. The Morgan fingerprint density at radius 3 is 2.56 bits per heavy atom. The molecule has 41 heavy (non-hydrogen) atoms. The van der Waals surface area contributed by atoms with Gasteiger partial charge in [0.25, 0.3) is 5.56 Å². The number of nitrogens with zero attached hydrogens (tertiary/aromatic N) is 5. The van der Waals surface area contributed by atoms with E-state index in [4.69, 9.17) is 19.3 Å². The maximum atomic E-state index is 13.4. The molecule has 10 heteroatoms. The van der Waals surface area contributed by atoms with Crippen molar-refractivity contribution in [3.8, 4) is 34.2 Å². The van der Waals surface area contributed by atoms with Crippen LogP contribution in [0, 0.1) is 0 Å². The van der Waals surface area contributed by atoms with Gasteiger partial charge in [0.1, 0.15) is 18.1 Å². The van der Waals surface area contributed by atoms with Crippen LogP contribution in [-0.2, 0) is 0 Å². The van der Waals surface area contributed by atoms with Gasteiger partial charge in [0.15, 0.2) is 23.4 Å². The third-order valence-corrected chi connectivity index (χ3v) is 7.60. The van der Waals surface area contributed by atoms with Crippen LogP contribution in [0.5, 0.6) is 17.2 Å². The van der Waals surface area contributed by atoms with Crippen LogP contribution >= 0.6 is 11.3 Å². The van der Waals surface area contributed by atoms with Gasteiger partial charge in [-0.2, -0.15) is 14.6 Å². The second-order valence-corrected chi connectivity index (χ2v) is 10.5. The molecule has 1 atom stereocenters. The minimum Gasteiger partial charge on any atom is -0.494 e. The van der Waals surface area contributed by atoms with Gasteiger partial charge in [-0.25, -0.2) is 4.68 Å². The van der Waals surface area contributed by atoms with E-state index in [2.05, 4.69) is 17.0 Å². The summed E-state index contributed by atoms with van der Waals surface area (Å²) < 4.78 is 21.2.